The molecule has 3 heterocycles. The number of nitrogens with zero attached hydrogens (tertiary/aromatic N) is 3. The number of anilines is 1. The minimum atomic E-state index is -1.75. The summed E-state index contributed by atoms with van der Waals surface area (Å²) in [5, 5.41) is 10.4. The maximum atomic E-state index is 14.0. The van der Waals surface area contributed by atoms with Gasteiger partial charge in [0.1, 0.15) is 11.9 Å². The van der Waals surface area contributed by atoms with Crippen LogP contribution in [-0.2, 0) is 4.79 Å². The van der Waals surface area contributed by atoms with E-state index in [1.807, 2.05) is 0 Å². The normalized spacial score (nSPS) is 25.1. The van der Waals surface area contributed by atoms with Gasteiger partial charge < -0.3 is 10.6 Å². The van der Waals surface area contributed by atoms with Gasteiger partial charge in [-0.1, -0.05) is 48.6 Å². The first-order valence-corrected chi connectivity index (χ1v) is 10.5. The zero-order valence-electron chi connectivity index (χ0n) is 17.4. The molecule has 1 fully saturated rings. The third-order valence-corrected chi connectivity index (χ3v) is 6.56. The van der Waals surface area contributed by atoms with Crippen LogP contribution >= 0.6 is 0 Å². The largest absolute Gasteiger partial charge is 0.368 e. The van der Waals surface area contributed by atoms with Crippen molar-refractivity contribution in [3.8, 4) is 6.07 Å². The fourth-order valence-electron chi connectivity index (χ4n) is 5.16. The summed E-state index contributed by atoms with van der Waals surface area (Å²) < 4.78 is 14.0. The highest BCUT2D eigenvalue weighted by Crippen LogP contribution is 2.55. The Labute approximate surface area is 189 Å². The van der Waals surface area contributed by atoms with E-state index in [9.17, 15) is 19.2 Å². The summed E-state index contributed by atoms with van der Waals surface area (Å²) in [7, 11) is 0. The maximum Gasteiger partial charge on any atom is 0.241 e. The van der Waals surface area contributed by atoms with Gasteiger partial charge >= 0.3 is 0 Å². The van der Waals surface area contributed by atoms with Crippen molar-refractivity contribution in [2.75, 3.05) is 4.90 Å². The van der Waals surface area contributed by atoms with E-state index >= 15 is 0 Å². The average Bonchev–Trinajstić information content (AvgIpc) is 3.16. The van der Waals surface area contributed by atoms with E-state index in [2.05, 4.69) is 11.1 Å². The van der Waals surface area contributed by atoms with Gasteiger partial charge in [-0.3, -0.25) is 14.6 Å². The van der Waals surface area contributed by atoms with E-state index in [1.165, 1.54) is 12.1 Å². The van der Waals surface area contributed by atoms with Crippen LogP contribution in [-0.4, -0.2) is 28.8 Å². The summed E-state index contributed by atoms with van der Waals surface area (Å²) in [5.74, 6) is -2.41. The van der Waals surface area contributed by atoms with Crippen molar-refractivity contribution in [3.05, 3.63) is 102 Å². The first-order chi connectivity index (χ1) is 16.0. The lowest BCUT2D eigenvalue weighted by Gasteiger charge is -2.36. The van der Waals surface area contributed by atoms with Crippen LogP contribution in [0.2, 0.25) is 0 Å². The van der Waals surface area contributed by atoms with Gasteiger partial charge in [-0.2, -0.15) is 5.26 Å². The quantitative estimate of drug-likeness (QED) is 0.629. The fraction of sp³-hybridized carbons (Fsp3) is 0.154. The molecule has 5 rings (SSSR count). The number of ketones is 1. The highest BCUT2D eigenvalue weighted by Gasteiger charge is 2.65. The van der Waals surface area contributed by atoms with Crippen LogP contribution in [0.1, 0.15) is 27.4 Å². The summed E-state index contributed by atoms with van der Waals surface area (Å²) in [4.78, 5) is 32.9. The molecule has 162 valence electrons. The van der Waals surface area contributed by atoms with Crippen LogP contribution in [0.5, 0.6) is 0 Å². The highest BCUT2D eigenvalue weighted by atomic mass is 19.1. The number of hydrogen-bond acceptors (Lipinski definition) is 5. The van der Waals surface area contributed by atoms with Gasteiger partial charge in [0.15, 0.2) is 11.2 Å². The van der Waals surface area contributed by atoms with Gasteiger partial charge in [0.25, 0.3) is 0 Å². The molecule has 7 heteroatoms. The SMILES string of the molecule is N#C[C@@]1(C(N)=O)[C@@H](c2cccnc2)[C@H](C(=O)c2ccccc2)N2c3ccc(F)cc3C=C[C@@H]21. The number of aromatic nitrogens is 1. The van der Waals surface area contributed by atoms with E-state index < -0.39 is 35.1 Å². The molecule has 1 saturated heterocycles. The number of pyridine rings is 1. The van der Waals surface area contributed by atoms with Crippen molar-refractivity contribution in [2.24, 2.45) is 11.1 Å². The Bertz CT molecular complexity index is 1320. The zero-order chi connectivity index (χ0) is 23.2. The molecule has 0 unspecified atom stereocenters. The van der Waals surface area contributed by atoms with Gasteiger partial charge in [0.05, 0.1) is 12.1 Å². The molecule has 2 N–H and O–H groups in total. The van der Waals surface area contributed by atoms with E-state index in [-0.39, 0.29) is 5.78 Å². The molecule has 2 aliphatic rings. The Balaban J connectivity index is 1.81. The smallest absolute Gasteiger partial charge is 0.241 e. The molecular weight excluding hydrogens is 419 g/mol. The van der Waals surface area contributed by atoms with Crippen LogP contribution < -0.4 is 10.6 Å². The molecule has 0 spiro atoms. The van der Waals surface area contributed by atoms with Crippen molar-refractivity contribution in [1.29, 1.82) is 5.26 Å². The highest BCUT2D eigenvalue weighted by molar-refractivity contribution is 6.06. The molecule has 4 atom stereocenters. The Morgan fingerprint density at radius 1 is 1.12 bits per heavy atom. The molecular formula is C26H19FN4O2. The van der Waals surface area contributed by atoms with Gasteiger partial charge in [-0.05, 0) is 29.8 Å². The number of fused-ring (bicyclic) bond motifs is 3. The topological polar surface area (TPSA) is 100 Å². The Hall–Kier alpha value is -4.31. The van der Waals surface area contributed by atoms with E-state index in [1.54, 1.807) is 78.0 Å². The molecule has 1 aromatic heterocycles. The number of halogens is 1. The lowest BCUT2D eigenvalue weighted by atomic mass is 9.68. The minimum absolute atomic E-state index is 0.265. The fourth-order valence-corrected chi connectivity index (χ4v) is 5.16. The third kappa shape index (κ3) is 2.95. The molecule has 0 aliphatic carbocycles. The predicted octanol–water partition coefficient (Wildman–Crippen LogP) is 3.47. The lowest BCUT2D eigenvalue weighted by Crippen LogP contribution is -2.49. The number of amides is 1. The van der Waals surface area contributed by atoms with Crippen LogP contribution in [0.3, 0.4) is 0 Å². The number of nitriles is 1. The van der Waals surface area contributed by atoms with Gasteiger partial charge in [-0.15, -0.1) is 0 Å². The number of rotatable bonds is 4. The van der Waals surface area contributed by atoms with Crippen molar-refractivity contribution in [2.45, 2.75) is 18.0 Å². The molecule has 33 heavy (non-hydrogen) atoms. The first-order valence-electron chi connectivity index (χ1n) is 10.5. The third-order valence-electron chi connectivity index (χ3n) is 6.56. The summed E-state index contributed by atoms with van der Waals surface area (Å²) in [5.41, 5.74) is 6.27. The monoisotopic (exact) mass is 438 g/mol. The van der Waals surface area contributed by atoms with Crippen LogP contribution in [0.15, 0.2) is 79.1 Å². The second-order valence-electron chi connectivity index (χ2n) is 8.20. The molecule has 0 radical (unpaired) electrons. The van der Waals surface area contributed by atoms with Crippen LogP contribution in [0.25, 0.3) is 6.08 Å². The summed E-state index contributed by atoms with van der Waals surface area (Å²) in [6.45, 7) is 0. The maximum absolute atomic E-state index is 14.0. The molecule has 0 saturated carbocycles. The van der Waals surface area contributed by atoms with Crippen molar-refractivity contribution >= 4 is 23.5 Å². The molecule has 1 amide bonds. The minimum Gasteiger partial charge on any atom is -0.368 e. The van der Waals surface area contributed by atoms with Gasteiger partial charge in [0, 0.05) is 35.1 Å². The van der Waals surface area contributed by atoms with Crippen molar-refractivity contribution in [1.82, 2.24) is 4.98 Å². The number of hydrogen-bond donors (Lipinski definition) is 1. The zero-order valence-corrected chi connectivity index (χ0v) is 17.4. The number of carbonyl (C=O) groups is 2. The van der Waals surface area contributed by atoms with Crippen molar-refractivity contribution in [3.63, 3.8) is 0 Å². The predicted molar refractivity (Wildman–Crippen MR) is 120 cm³/mol. The number of benzene rings is 2. The van der Waals surface area contributed by atoms with Crippen LogP contribution in [0, 0.1) is 22.6 Å². The second-order valence-corrected chi connectivity index (χ2v) is 8.20. The molecule has 3 aromatic rings. The lowest BCUT2D eigenvalue weighted by molar-refractivity contribution is -0.125. The molecule has 0 bridgehead atoms. The summed E-state index contributed by atoms with van der Waals surface area (Å²) >= 11 is 0. The van der Waals surface area contributed by atoms with E-state index in [0.29, 0.717) is 22.4 Å². The van der Waals surface area contributed by atoms with E-state index in [4.69, 9.17) is 5.73 Å². The van der Waals surface area contributed by atoms with E-state index in [0.717, 1.165) is 0 Å². The number of carbonyl (C=O) groups excluding carboxylic acids is 2. The standard InChI is InChI=1S/C26H19FN4O2/c27-19-9-10-20-17(13-19)8-11-21-26(15-28,25(29)33)22(18-7-4-12-30-14-18)23(31(20)21)24(32)16-5-2-1-3-6-16/h1-14,21-23H,(H2,29,33)/t21-,22+,23-,26+/m1/s1. The Morgan fingerprint density at radius 3 is 2.58 bits per heavy atom. The van der Waals surface area contributed by atoms with Crippen LogP contribution in [0.4, 0.5) is 10.1 Å². The molecule has 6 nitrogen and oxygen atoms in total. The summed E-state index contributed by atoms with van der Waals surface area (Å²) in [6, 6.07) is 16.8. The number of Topliss-reactive ketones (excluding diaryl/α,β-unsaturated/α-hetero) is 1. The van der Waals surface area contributed by atoms with Gasteiger partial charge in [-0.25, -0.2) is 4.39 Å². The number of primary amides is 1. The second kappa shape index (κ2) is 7.68. The first kappa shape index (κ1) is 20.6. The van der Waals surface area contributed by atoms with Crippen molar-refractivity contribution < 1.29 is 14.0 Å². The average molecular weight is 438 g/mol. The number of nitrogens with two attached hydrogens (primary N) is 1. The molecule has 2 aromatic carbocycles. The Kier molecular flexibility index (Phi) is 4.79. The Morgan fingerprint density at radius 2 is 1.91 bits per heavy atom. The molecule has 2 aliphatic heterocycles. The van der Waals surface area contributed by atoms with Gasteiger partial charge in [0.2, 0.25) is 5.91 Å². The summed E-state index contributed by atoms with van der Waals surface area (Å²) in [6.07, 6.45) is 6.47.